The summed E-state index contributed by atoms with van der Waals surface area (Å²) in [5.74, 6) is 0. The maximum absolute atomic E-state index is 8.77. The second kappa shape index (κ2) is 14.0. The molecule has 0 saturated carbocycles. The zero-order chi connectivity index (χ0) is 12.3. The minimum absolute atomic E-state index is 0. The van der Waals surface area contributed by atoms with Gasteiger partial charge in [0.2, 0.25) is 0 Å². The SMILES string of the molecule is O=P([O-])(O)O.OCCN(CCO)CCO.[Na+]. The third-order valence-electron chi connectivity index (χ3n) is 1.25. The molecular formula is C6H17NNaO7P. The van der Waals surface area contributed by atoms with Crippen molar-refractivity contribution in [3.8, 4) is 0 Å². The van der Waals surface area contributed by atoms with Gasteiger partial charge in [-0.25, -0.2) is 0 Å². The number of aliphatic hydroxyl groups is 3. The minimum Gasteiger partial charge on any atom is -0.756 e. The normalized spacial score (nSPS) is 10.4. The molecule has 5 N–H and O–H groups in total. The van der Waals surface area contributed by atoms with E-state index in [0.717, 1.165) is 0 Å². The molecule has 0 aromatic rings. The van der Waals surface area contributed by atoms with Gasteiger partial charge in [-0.15, -0.1) is 0 Å². The maximum Gasteiger partial charge on any atom is 1.00 e. The number of phosphoric acid groups is 1. The topological polar surface area (TPSA) is 145 Å². The van der Waals surface area contributed by atoms with Gasteiger partial charge < -0.3 is 30.0 Å². The van der Waals surface area contributed by atoms with Gasteiger partial charge in [0.15, 0.2) is 0 Å². The molecule has 0 aromatic heterocycles. The predicted molar refractivity (Wildman–Crippen MR) is 49.7 cm³/mol. The van der Waals surface area contributed by atoms with Gasteiger partial charge in [-0.1, -0.05) is 0 Å². The molecule has 0 atom stereocenters. The van der Waals surface area contributed by atoms with Crippen LogP contribution in [0.4, 0.5) is 0 Å². The summed E-state index contributed by atoms with van der Waals surface area (Å²) in [6.45, 7) is 1.75. The van der Waals surface area contributed by atoms with Gasteiger partial charge in [0.25, 0.3) is 7.82 Å². The van der Waals surface area contributed by atoms with Gasteiger partial charge >= 0.3 is 29.6 Å². The zero-order valence-corrected chi connectivity index (χ0v) is 12.1. The molecule has 0 aliphatic rings. The fourth-order valence-corrected chi connectivity index (χ4v) is 0.760. The molecule has 0 bridgehead atoms. The van der Waals surface area contributed by atoms with Crippen LogP contribution >= 0.6 is 7.82 Å². The Morgan fingerprint density at radius 3 is 1.25 bits per heavy atom. The molecule has 0 saturated heterocycles. The van der Waals surface area contributed by atoms with E-state index in [1.165, 1.54) is 0 Å². The summed E-state index contributed by atoms with van der Waals surface area (Å²) in [6.07, 6.45) is 0. The van der Waals surface area contributed by atoms with E-state index >= 15 is 0 Å². The van der Waals surface area contributed by atoms with E-state index in [2.05, 4.69) is 0 Å². The fraction of sp³-hybridized carbons (Fsp3) is 1.00. The maximum atomic E-state index is 8.77. The van der Waals surface area contributed by atoms with E-state index in [1.54, 1.807) is 4.90 Å². The molecular weight excluding hydrogens is 252 g/mol. The van der Waals surface area contributed by atoms with Gasteiger partial charge in [0, 0.05) is 19.6 Å². The van der Waals surface area contributed by atoms with Crippen molar-refractivity contribution >= 4 is 7.82 Å². The molecule has 0 heterocycles. The molecule has 0 fully saturated rings. The van der Waals surface area contributed by atoms with Crippen LogP contribution in [-0.2, 0) is 4.57 Å². The Bertz CT molecular complexity index is 156. The van der Waals surface area contributed by atoms with Gasteiger partial charge in [-0.2, -0.15) is 0 Å². The molecule has 0 rings (SSSR count). The zero-order valence-electron chi connectivity index (χ0n) is 9.19. The van der Waals surface area contributed by atoms with E-state index in [0.29, 0.717) is 19.6 Å². The number of hydrogen-bond acceptors (Lipinski definition) is 6. The van der Waals surface area contributed by atoms with Crippen molar-refractivity contribution < 1.29 is 64.1 Å². The largest absolute Gasteiger partial charge is 1.00 e. The second-order valence-electron chi connectivity index (χ2n) is 2.50. The summed E-state index contributed by atoms with van der Waals surface area (Å²) in [7, 11) is -4.89. The van der Waals surface area contributed by atoms with Crippen LogP contribution in [0.1, 0.15) is 0 Å². The van der Waals surface area contributed by atoms with Crippen LogP contribution in [-0.4, -0.2) is 69.5 Å². The predicted octanol–water partition coefficient (Wildman–Crippen LogP) is -6.29. The Labute approximate surface area is 116 Å². The molecule has 10 heteroatoms. The summed E-state index contributed by atoms with van der Waals surface area (Å²) in [4.78, 5) is 24.7. The first-order valence-electron chi connectivity index (χ1n) is 4.16. The quantitative estimate of drug-likeness (QED) is 0.236. The Balaban J connectivity index is -0.000000242. The molecule has 8 nitrogen and oxygen atoms in total. The van der Waals surface area contributed by atoms with Gasteiger partial charge in [-0.3, -0.25) is 9.46 Å². The molecule has 0 amide bonds. The van der Waals surface area contributed by atoms with Crippen LogP contribution in [0.3, 0.4) is 0 Å². The summed E-state index contributed by atoms with van der Waals surface area (Å²) in [5.41, 5.74) is 0. The first kappa shape index (κ1) is 22.2. The Kier molecular flexibility index (Phi) is 19.4. The van der Waals surface area contributed by atoms with Crippen LogP contribution in [0.5, 0.6) is 0 Å². The number of aliphatic hydroxyl groups excluding tert-OH is 3. The summed E-state index contributed by atoms with van der Waals surface area (Å²) in [6, 6.07) is 0. The van der Waals surface area contributed by atoms with Gasteiger partial charge in [0.05, 0.1) is 19.8 Å². The average molecular weight is 269 g/mol. The fourth-order valence-electron chi connectivity index (χ4n) is 0.760. The third-order valence-corrected chi connectivity index (χ3v) is 1.25. The van der Waals surface area contributed by atoms with E-state index in [9.17, 15) is 0 Å². The van der Waals surface area contributed by atoms with Crippen molar-refractivity contribution in [2.75, 3.05) is 39.5 Å². The minimum atomic E-state index is -4.89. The van der Waals surface area contributed by atoms with E-state index in [-0.39, 0.29) is 49.4 Å². The second-order valence-corrected chi connectivity index (χ2v) is 3.48. The van der Waals surface area contributed by atoms with Crippen LogP contribution < -0.4 is 34.5 Å². The van der Waals surface area contributed by atoms with Crippen LogP contribution in [0, 0.1) is 0 Å². The van der Waals surface area contributed by atoms with E-state index in [4.69, 9.17) is 34.6 Å². The molecule has 0 unspecified atom stereocenters. The number of nitrogens with zero attached hydrogens (tertiary/aromatic N) is 1. The summed E-state index contributed by atoms with van der Waals surface area (Å²) < 4.78 is 8.77. The van der Waals surface area contributed by atoms with Gasteiger partial charge in [-0.05, 0) is 0 Å². The van der Waals surface area contributed by atoms with Crippen molar-refractivity contribution in [3.05, 3.63) is 0 Å². The Morgan fingerprint density at radius 2 is 1.12 bits per heavy atom. The van der Waals surface area contributed by atoms with Crippen molar-refractivity contribution in [1.82, 2.24) is 4.90 Å². The molecule has 0 aromatic carbocycles. The number of hydrogen-bond donors (Lipinski definition) is 5. The Morgan fingerprint density at radius 1 is 0.938 bits per heavy atom. The smallest absolute Gasteiger partial charge is 0.756 e. The monoisotopic (exact) mass is 269 g/mol. The molecule has 16 heavy (non-hydrogen) atoms. The van der Waals surface area contributed by atoms with E-state index in [1.807, 2.05) is 0 Å². The van der Waals surface area contributed by atoms with Crippen LogP contribution in [0.25, 0.3) is 0 Å². The standard InChI is InChI=1S/C6H15NO3.Na.H3O4P/c8-4-1-7(2-5-9)3-6-10;;1-5(2,3)4/h8-10H,1-6H2;;(H3,1,2,3,4)/q;+1;/p-1. The Hall–Kier alpha value is 0.950. The van der Waals surface area contributed by atoms with E-state index < -0.39 is 7.82 Å². The molecule has 0 spiro atoms. The van der Waals surface area contributed by atoms with Gasteiger partial charge in [0.1, 0.15) is 0 Å². The summed E-state index contributed by atoms with van der Waals surface area (Å²) >= 11 is 0. The molecule has 0 aliphatic carbocycles. The number of rotatable bonds is 6. The molecule has 0 radical (unpaired) electrons. The third kappa shape index (κ3) is 29.4. The van der Waals surface area contributed by atoms with Crippen molar-refractivity contribution in [2.24, 2.45) is 0 Å². The first-order valence-corrected chi connectivity index (χ1v) is 5.69. The average Bonchev–Trinajstić information content (AvgIpc) is 2.02. The van der Waals surface area contributed by atoms with Crippen molar-refractivity contribution in [3.63, 3.8) is 0 Å². The van der Waals surface area contributed by atoms with Crippen LogP contribution in [0.2, 0.25) is 0 Å². The first-order chi connectivity index (χ1) is 6.85. The molecule has 0 aliphatic heterocycles. The van der Waals surface area contributed by atoms with Crippen molar-refractivity contribution in [1.29, 1.82) is 0 Å². The van der Waals surface area contributed by atoms with Crippen LogP contribution in [0.15, 0.2) is 0 Å². The summed E-state index contributed by atoms with van der Waals surface area (Å²) in [5, 5.41) is 25.5. The van der Waals surface area contributed by atoms with Crippen molar-refractivity contribution in [2.45, 2.75) is 0 Å². The molecule has 94 valence electrons.